The molecule has 1 aromatic heterocycles. The van der Waals surface area contributed by atoms with E-state index in [4.69, 9.17) is 4.74 Å². The fourth-order valence-electron chi connectivity index (χ4n) is 2.75. The lowest BCUT2D eigenvalue weighted by atomic mass is 10.3. The van der Waals surface area contributed by atoms with E-state index in [1.807, 2.05) is 11.8 Å². The minimum absolute atomic E-state index is 0.205. The first-order chi connectivity index (χ1) is 12.0. The fourth-order valence-corrected chi connectivity index (χ4v) is 4.01. The van der Waals surface area contributed by atoms with E-state index in [-0.39, 0.29) is 16.5 Å². The van der Waals surface area contributed by atoms with E-state index in [1.165, 1.54) is 18.2 Å². The van der Waals surface area contributed by atoms with Crippen LogP contribution in [0.25, 0.3) is 0 Å². The van der Waals surface area contributed by atoms with Gasteiger partial charge in [0, 0.05) is 25.2 Å². The molecule has 1 aliphatic heterocycles. The van der Waals surface area contributed by atoms with Crippen LogP contribution in [-0.2, 0) is 10.0 Å². The highest BCUT2D eigenvalue weighted by molar-refractivity contribution is 7.89. The molecule has 2 heterocycles. The van der Waals surface area contributed by atoms with Gasteiger partial charge in [-0.15, -0.1) is 0 Å². The molecule has 2 N–H and O–H groups in total. The molecule has 0 aliphatic carbocycles. The molecule has 1 unspecified atom stereocenters. The molecule has 1 aromatic carbocycles. The lowest BCUT2D eigenvalue weighted by Crippen LogP contribution is -2.37. The Bertz CT molecular complexity index is 859. The minimum atomic E-state index is -3.60. The van der Waals surface area contributed by atoms with Crippen molar-refractivity contribution in [2.45, 2.75) is 24.3 Å². The van der Waals surface area contributed by atoms with Crippen molar-refractivity contribution in [2.24, 2.45) is 0 Å². The Kier molecular flexibility index (Phi) is 5.05. The number of hydrogen-bond donors (Lipinski definition) is 2. The number of ether oxygens (including phenoxy) is 1. The summed E-state index contributed by atoms with van der Waals surface area (Å²) in [5.41, 5.74) is -0.268. The van der Waals surface area contributed by atoms with Crippen molar-refractivity contribution in [3.8, 4) is 5.75 Å². The summed E-state index contributed by atoms with van der Waals surface area (Å²) < 4.78 is 33.1. The lowest BCUT2D eigenvalue weighted by Gasteiger charge is -2.17. The highest BCUT2D eigenvalue weighted by atomic mass is 32.2. The zero-order valence-electron chi connectivity index (χ0n) is 13.8. The van der Waals surface area contributed by atoms with E-state index < -0.39 is 10.0 Å². The van der Waals surface area contributed by atoms with E-state index in [0.717, 1.165) is 0 Å². The van der Waals surface area contributed by atoms with Crippen LogP contribution in [0.3, 0.4) is 0 Å². The second-order valence-corrected chi connectivity index (χ2v) is 7.45. The second-order valence-electron chi connectivity index (χ2n) is 5.74. The van der Waals surface area contributed by atoms with Gasteiger partial charge in [-0.1, -0.05) is 0 Å². The van der Waals surface area contributed by atoms with Crippen LogP contribution in [0.2, 0.25) is 0 Å². The molecular formula is C16H20N4O4S. The number of H-pyrrole nitrogens is 1. The van der Waals surface area contributed by atoms with Gasteiger partial charge in [0.2, 0.25) is 10.0 Å². The van der Waals surface area contributed by atoms with Gasteiger partial charge in [0.25, 0.3) is 5.56 Å². The Hall–Kier alpha value is -2.39. The zero-order valence-corrected chi connectivity index (χ0v) is 14.6. The topological polar surface area (TPSA) is 104 Å². The first-order valence-corrected chi connectivity index (χ1v) is 9.52. The van der Waals surface area contributed by atoms with E-state index in [9.17, 15) is 13.2 Å². The van der Waals surface area contributed by atoms with Crippen molar-refractivity contribution < 1.29 is 13.2 Å². The van der Waals surface area contributed by atoms with Crippen molar-refractivity contribution in [2.75, 3.05) is 24.6 Å². The van der Waals surface area contributed by atoms with Gasteiger partial charge in [-0.25, -0.2) is 18.2 Å². The average molecular weight is 364 g/mol. The zero-order chi connectivity index (χ0) is 17.9. The number of hydrogen-bond acceptors (Lipinski definition) is 6. The van der Waals surface area contributed by atoms with Crippen molar-refractivity contribution in [1.82, 2.24) is 14.9 Å². The average Bonchev–Trinajstić information content (AvgIpc) is 3.04. The van der Waals surface area contributed by atoms with Gasteiger partial charge in [-0.3, -0.25) is 4.79 Å². The number of aromatic amines is 1. The van der Waals surface area contributed by atoms with Crippen molar-refractivity contribution >= 4 is 15.8 Å². The summed E-state index contributed by atoms with van der Waals surface area (Å²) in [4.78, 5) is 13.2. The molecule has 0 saturated carbocycles. The molecule has 0 amide bonds. The van der Waals surface area contributed by atoms with E-state index in [1.54, 1.807) is 18.2 Å². The summed E-state index contributed by atoms with van der Waals surface area (Å²) in [6.45, 7) is 3.56. The van der Waals surface area contributed by atoms with Crippen LogP contribution in [0.5, 0.6) is 5.75 Å². The molecule has 8 nitrogen and oxygen atoms in total. The van der Waals surface area contributed by atoms with Crippen LogP contribution in [0, 0.1) is 0 Å². The van der Waals surface area contributed by atoms with Gasteiger partial charge < -0.3 is 9.64 Å². The summed E-state index contributed by atoms with van der Waals surface area (Å²) in [6, 6.07) is 9.16. The molecular weight excluding hydrogens is 344 g/mol. The summed E-state index contributed by atoms with van der Waals surface area (Å²) in [5.74, 6) is 1.26. The van der Waals surface area contributed by atoms with Gasteiger partial charge >= 0.3 is 0 Å². The fraction of sp³-hybridized carbons (Fsp3) is 0.375. The van der Waals surface area contributed by atoms with Crippen molar-refractivity contribution in [1.29, 1.82) is 0 Å². The van der Waals surface area contributed by atoms with E-state index in [0.29, 0.717) is 37.7 Å². The van der Waals surface area contributed by atoms with Crippen LogP contribution in [0.1, 0.15) is 13.3 Å². The smallest absolute Gasteiger partial charge is 0.264 e. The maximum absolute atomic E-state index is 12.5. The van der Waals surface area contributed by atoms with Gasteiger partial charge in [0.1, 0.15) is 11.6 Å². The monoisotopic (exact) mass is 364 g/mol. The number of nitrogens with one attached hydrogen (secondary N) is 2. The molecule has 134 valence electrons. The molecule has 25 heavy (non-hydrogen) atoms. The Labute approximate surface area is 145 Å². The van der Waals surface area contributed by atoms with Gasteiger partial charge in [0.05, 0.1) is 11.5 Å². The molecule has 1 fully saturated rings. The first-order valence-electron chi connectivity index (χ1n) is 8.04. The molecule has 0 spiro atoms. The molecule has 0 bridgehead atoms. The number of rotatable bonds is 6. The molecule has 1 atom stereocenters. The third-order valence-corrected chi connectivity index (χ3v) is 5.48. The Morgan fingerprint density at radius 1 is 1.28 bits per heavy atom. The molecule has 1 saturated heterocycles. The lowest BCUT2D eigenvalue weighted by molar-refractivity contribution is 0.340. The van der Waals surface area contributed by atoms with Gasteiger partial charge in [0.15, 0.2) is 0 Å². The van der Waals surface area contributed by atoms with Crippen LogP contribution in [-0.4, -0.2) is 44.4 Å². The second kappa shape index (κ2) is 7.24. The maximum atomic E-state index is 12.5. The molecule has 3 rings (SSSR count). The first kappa shape index (κ1) is 17.4. The van der Waals surface area contributed by atoms with Gasteiger partial charge in [-0.05, 0) is 43.7 Å². The maximum Gasteiger partial charge on any atom is 0.264 e. The van der Waals surface area contributed by atoms with E-state index in [2.05, 4.69) is 14.9 Å². The quantitative estimate of drug-likeness (QED) is 0.783. The third-order valence-electron chi connectivity index (χ3n) is 3.94. The van der Waals surface area contributed by atoms with Crippen LogP contribution in [0.15, 0.2) is 46.1 Å². The predicted molar refractivity (Wildman–Crippen MR) is 93.4 cm³/mol. The highest BCUT2D eigenvalue weighted by Crippen LogP contribution is 2.20. The standard InChI is InChI=1S/C16H20N4O4S/c1-2-24-13-3-5-14(6-4-13)25(22,23)19-12-9-10-20(11-12)15-7-8-16(21)18-17-15/h3-8,12,19H,2,9-11H2,1H3,(H,18,21). The van der Waals surface area contributed by atoms with Crippen LogP contribution in [0.4, 0.5) is 5.82 Å². The van der Waals surface area contributed by atoms with Crippen LogP contribution < -0.4 is 19.9 Å². The molecule has 1 aliphatic rings. The normalized spacial score (nSPS) is 17.6. The number of anilines is 1. The Morgan fingerprint density at radius 3 is 2.68 bits per heavy atom. The number of aromatic nitrogens is 2. The summed E-state index contributed by atoms with van der Waals surface area (Å²) >= 11 is 0. The molecule has 0 radical (unpaired) electrons. The van der Waals surface area contributed by atoms with E-state index >= 15 is 0 Å². The number of nitrogens with zero attached hydrogens (tertiary/aromatic N) is 2. The number of benzene rings is 1. The summed E-state index contributed by atoms with van der Waals surface area (Å²) in [5, 5.41) is 6.36. The Morgan fingerprint density at radius 2 is 2.04 bits per heavy atom. The summed E-state index contributed by atoms with van der Waals surface area (Å²) in [6.07, 6.45) is 0.664. The molecule has 2 aromatic rings. The third kappa shape index (κ3) is 4.18. The SMILES string of the molecule is CCOc1ccc(S(=O)(=O)NC2CCN(c3ccc(=O)[nH]n3)C2)cc1. The van der Waals surface area contributed by atoms with Crippen LogP contribution >= 0.6 is 0 Å². The van der Waals surface area contributed by atoms with Gasteiger partial charge in [-0.2, -0.15) is 5.10 Å². The molecule has 9 heteroatoms. The van der Waals surface area contributed by atoms with Crippen molar-refractivity contribution in [3.05, 3.63) is 46.8 Å². The number of sulfonamides is 1. The van der Waals surface area contributed by atoms with Crippen molar-refractivity contribution in [3.63, 3.8) is 0 Å². The summed E-state index contributed by atoms with van der Waals surface area (Å²) in [7, 11) is -3.60. The predicted octanol–water partition coefficient (Wildman–Crippen LogP) is 0.726. The Balaban J connectivity index is 1.65. The highest BCUT2D eigenvalue weighted by Gasteiger charge is 2.28. The minimum Gasteiger partial charge on any atom is -0.494 e. The largest absolute Gasteiger partial charge is 0.494 e.